The van der Waals surface area contributed by atoms with Gasteiger partial charge in [0.25, 0.3) is 0 Å². The third-order valence-electron chi connectivity index (χ3n) is 1.13. The van der Waals surface area contributed by atoms with Crippen molar-refractivity contribution in [3.63, 3.8) is 0 Å². The van der Waals surface area contributed by atoms with Crippen molar-refractivity contribution in [3.05, 3.63) is 45.0 Å². The molecule has 3 heteroatoms. The Bertz CT molecular complexity index is 291. The summed E-state index contributed by atoms with van der Waals surface area (Å²) >= 11 is 6.78. The van der Waals surface area contributed by atoms with Crippen LogP contribution in [0.4, 0.5) is 0 Å². The molecule has 0 amide bonds. The van der Waals surface area contributed by atoms with Crippen molar-refractivity contribution < 1.29 is 0 Å². The Morgan fingerprint density at radius 1 is 1.38 bits per heavy atom. The molecule has 1 nitrogen and oxygen atoms in total. The lowest BCUT2D eigenvalue weighted by atomic mass is 10.2. The van der Waals surface area contributed by atoms with Gasteiger partial charge >= 0.3 is 0 Å². The van der Waals surface area contributed by atoms with E-state index in [1.54, 1.807) is 6.92 Å². The van der Waals surface area contributed by atoms with Gasteiger partial charge in [0.2, 0.25) is 0 Å². The van der Waals surface area contributed by atoms with Gasteiger partial charge in [-0.1, -0.05) is 44.5 Å². The van der Waals surface area contributed by atoms with E-state index in [-0.39, 0.29) is 0 Å². The number of allylic oxidation sites excluding steroid dienone is 1. The molecule has 0 heterocycles. The molecule has 1 rings (SSSR count). The van der Waals surface area contributed by atoms with E-state index in [1.807, 2.05) is 12.1 Å². The first-order chi connectivity index (χ1) is 5.93. The minimum absolute atomic E-state index is 0.667. The van der Waals surface area contributed by atoms with Crippen molar-refractivity contribution in [3.8, 4) is 0 Å². The fraction of sp³-hybridized carbons (Fsp3) is 0.200. The van der Waals surface area contributed by atoms with Gasteiger partial charge in [-0.3, -0.25) is 0 Å². The summed E-state index contributed by atoms with van der Waals surface area (Å²) in [6, 6.07) is 6.13. The van der Waals surface area contributed by atoms with Gasteiger partial charge in [0.1, 0.15) is 0 Å². The molecular formula is C10H13Br2N. The molecule has 0 spiro atoms. The second-order valence-corrected chi connectivity index (χ2v) is 4.51. The zero-order valence-electron chi connectivity index (χ0n) is 7.77. The van der Waals surface area contributed by atoms with E-state index < -0.39 is 0 Å². The Balaban J connectivity index is 0.000000310. The molecular weight excluding hydrogens is 294 g/mol. The van der Waals surface area contributed by atoms with Gasteiger partial charge in [0.15, 0.2) is 0 Å². The molecule has 2 N–H and O–H groups in total. The van der Waals surface area contributed by atoms with Crippen molar-refractivity contribution >= 4 is 31.9 Å². The number of halogens is 2. The van der Waals surface area contributed by atoms with Crippen LogP contribution in [0.2, 0.25) is 0 Å². The lowest BCUT2D eigenvalue weighted by molar-refractivity contribution is 1.34. The lowest BCUT2D eigenvalue weighted by Crippen LogP contribution is -1.83. The van der Waals surface area contributed by atoms with E-state index in [4.69, 9.17) is 5.73 Å². The highest BCUT2D eigenvalue weighted by molar-refractivity contribution is 9.11. The molecule has 0 unspecified atom stereocenters. The summed E-state index contributed by atoms with van der Waals surface area (Å²) in [7, 11) is 0. The monoisotopic (exact) mass is 305 g/mol. The van der Waals surface area contributed by atoms with E-state index in [0.29, 0.717) is 5.70 Å². The smallest absolute Gasteiger partial charge is 0.0215 e. The predicted octanol–water partition coefficient (Wildman–Crippen LogP) is 4.00. The zero-order valence-corrected chi connectivity index (χ0v) is 10.9. The van der Waals surface area contributed by atoms with Gasteiger partial charge in [-0.05, 0) is 37.2 Å². The second-order valence-electron chi connectivity index (χ2n) is 2.74. The first-order valence-corrected chi connectivity index (χ1v) is 5.34. The van der Waals surface area contributed by atoms with Crippen LogP contribution in [-0.2, 0) is 0 Å². The van der Waals surface area contributed by atoms with Gasteiger partial charge in [-0.25, -0.2) is 0 Å². The van der Waals surface area contributed by atoms with Crippen molar-refractivity contribution in [2.75, 3.05) is 0 Å². The molecule has 1 aromatic rings. The molecule has 72 valence electrons. The Morgan fingerprint density at radius 2 is 1.85 bits per heavy atom. The molecule has 0 aliphatic rings. The Hall–Kier alpha value is -0.280. The summed E-state index contributed by atoms with van der Waals surface area (Å²) in [4.78, 5) is 0. The maximum atomic E-state index is 4.92. The van der Waals surface area contributed by atoms with Gasteiger partial charge in [-0.15, -0.1) is 0 Å². The zero-order chi connectivity index (χ0) is 10.4. The van der Waals surface area contributed by atoms with Gasteiger partial charge in [-0.2, -0.15) is 0 Å². The largest absolute Gasteiger partial charge is 0.403 e. The van der Waals surface area contributed by atoms with Crippen LogP contribution in [0.5, 0.6) is 0 Å². The van der Waals surface area contributed by atoms with Crippen molar-refractivity contribution in [1.82, 2.24) is 0 Å². The summed E-state index contributed by atoms with van der Waals surface area (Å²) < 4.78 is 2.26. The Labute approximate surface area is 96.3 Å². The molecule has 0 saturated carbocycles. The van der Waals surface area contributed by atoms with Crippen LogP contribution in [-0.4, -0.2) is 0 Å². The summed E-state index contributed by atoms with van der Waals surface area (Å²) in [5.74, 6) is 0. The highest BCUT2D eigenvalue weighted by atomic mass is 79.9. The molecule has 0 aromatic heterocycles. The van der Waals surface area contributed by atoms with Crippen molar-refractivity contribution in [2.24, 2.45) is 5.73 Å². The van der Waals surface area contributed by atoms with Crippen LogP contribution in [0.15, 0.2) is 39.4 Å². The van der Waals surface area contributed by atoms with Gasteiger partial charge < -0.3 is 5.73 Å². The van der Waals surface area contributed by atoms with Crippen molar-refractivity contribution in [2.45, 2.75) is 13.8 Å². The van der Waals surface area contributed by atoms with Gasteiger partial charge in [0, 0.05) is 8.95 Å². The maximum Gasteiger partial charge on any atom is 0.0215 e. The van der Waals surface area contributed by atoms with E-state index in [0.717, 1.165) is 8.95 Å². The molecule has 13 heavy (non-hydrogen) atoms. The third kappa shape index (κ3) is 6.84. The highest BCUT2D eigenvalue weighted by Crippen LogP contribution is 2.20. The quantitative estimate of drug-likeness (QED) is 0.770. The van der Waals surface area contributed by atoms with Crippen LogP contribution in [0.3, 0.4) is 0 Å². The van der Waals surface area contributed by atoms with E-state index >= 15 is 0 Å². The molecule has 0 atom stereocenters. The summed E-state index contributed by atoms with van der Waals surface area (Å²) in [6.07, 6.45) is 0. The minimum Gasteiger partial charge on any atom is -0.403 e. The SMILES string of the molecule is C=C(C)N.Cc1ccc(Br)cc1Br. The average molecular weight is 307 g/mol. The number of hydrogen-bond donors (Lipinski definition) is 1. The molecule has 0 fully saturated rings. The second kappa shape index (κ2) is 6.22. The fourth-order valence-electron chi connectivity index (χ4n) is 0.567. The van der Waals surface area contributed by atoms with E-state index in [1.165, 1.54) is 5.56 Å². The van der Waals surface area contributed by atoms with Crippen LogP contribution in [0.1, 0.15) is 12.5 Å². The average Bonchev–Trinajstić information content (AvgIpc) is 1.96. The third-order valence-corrected chi connectivity index (χ3v) is 2.48. The van der Waals surface area contributed by atoms with Crippen molar-refractivity contribution in [1.29, 1.82) is 0 Å². The van der Waals surface area contributed by atoms with E-state index in [9.17, 15) is 0 Å². The number of benzene rings is 1. The van der Waals surface area contributed by atoms with E-state index in [2.05, 4.69) is 51.4 Å². The first kappa shape index (κ1) is 12.7. The molecule has 1 aromatic carbocycles. The minimum atomic E-state index is 0.667. The van der Waals surface area contributed by atoms with Crippen LogP contribution in [0, 0.1) is 6.92 Å². The van der Waals surface area contributed by atoms with Crippen LogP contribution < -0.4 is 5.73 Å². The standard InChI is InChI=1S/C7H6Br2.C3H7N/c1-5-2-3-6(8)4-7(5)9;1-3(2)4/h2-4H,1H3;1,4H2,2H3. The Kier molecular flexibility index (Phi) is 6.08. The number of rotatable bonds is 0. The highest BCUT2D eigenvalue weighted by Gasteiger charge is 1.92. The number of hydrogen-bond acceptors (Lipinski definition) is 1. The number of aryl methyl sites for hydroxylation is 1. The summed E-state index contributed by atoms with van der Waals surface area (Å²) in [5, 5.41) is 0. The fourth-order valence-corrected chi connectivity index (χ4v) is 1.61. The van der Waals surface area contributed by atoms with Crippen LogP contribution in [0.25, 0.3) is 0 Å². The lowest BCUT2D eigenvalue weighted by Gasteiger charge is -1.95. The Morgan fingerprint density at radius 3 is 2.15 bits per heavy atom. The molecule has 0 saturated heterocycles. The summed E-state index contributed by atoms with van der Waals surface area (Å²) in [5.41, 5.74) is 6.85. The first-order valence-electron chi connectivity index (χ1n) is 3.76. The maximum absolute atomic E-state index is 4.92. The normalized spacial score (nSPS) is 8.62. The summed E-state index contributed by atoms with van der Waals surface area (Å²) in [6.45, 7) is 7.15. The molecule has 0 radical (unpaired) electrons. The van der Waals surface area contributed by atoms with Gasteiger partial charge in [0.05, 0.1) is 0 Å². The topological polar surface area (TPSA) is 26.0 Å². The molecule has 0 aliphatic heterocycles. The number of nitrogens with two attached hydrogens (primary N) is 1. The molecule has 0 aliphatic carbocycles. The molecule has 0 bridgehead atoms. The predicted molar refractivity (Wildman–Crippen MR) is 65.6 cm³/mol. The van der Waals surface area contributed by atoms with Crippen LogP contribution >= 0.6 is 31.9 Å².